The smallest absolute Gasteiger partial charge is 0.321 e. The summed E-state index contributed by atoms with van der Waals surface area (Å²) in [5, 5.41) is 9.37. The number of likely N-dealkylation sites (tertiary alicyclic amines) is 1. The van der Waals surface area contributed by atoms with Crippen molar-refractivity contribution < 1.29 is 9.32 Å². The molecule has 0 unspecified atom stereocenters. The Morgan fingerprint density at radius 1 is 1.33 bits per heavy atom. The monoisotopic (exact) mass is 360 g/mol. The van der Waals surface area contributed by atoms with E-state index in [-0.39, 0.29) is 11.9 Å². The van der Waals surface area contributed by atoms with E-state index in [9.17, 15) is 4.79 Å². The maximum Gasteiger partial charge on any atom is 0.321 e. The Kier molecular flexibility index (Phi) is 3.95. The highest BCUT2D eigenvalue weighted by molar-refractivity contribution is 7.13. The van der Waals surface area contributed by atoms with E-state index in [1.165, 1.54) is 0 Å². The number of anilines is 1. The summed E-state index contributed by atoms with van der Waals surface area (Å²) in [6.07, 6.45) is 0. The van der Waals surface area contributed by atoms with Crippen molar-refractivity contribution in [1.82, 2.24) is 15.0 Å². The van der Waals surface area contributed by atoms with E-state index in [0.29, 0.717) is 35.5 Å². The molecule has 1 aliphatic heterocycles. The fraction of sp³-hybridized carbons (Fsp3) is 0.188. The van der Waals surface area contributed by atoms with E-state index in [1.54, 1.807) is 40.5 Å². The number of hydrogen-bond acceptors (Lipinski definition) is 5. The van der Waals surface area contributed by atoms with Crippen molar-refractivity contribution in [3.63, 3.8) is 0 Å². The van der Waals surface area contributed by atoms with Gasteiger partial charge in [0.1, 0.15) is 0 Å². The fourth-order valence-electron chi connectivity index (χ4n) is 2.48. The van der Waals surface area contributed by atoms with E-state index in [4.69, 9.17) is 16.1 Å². The summed E-state index contributed by atoms with van der Waals surface area (Å²) < 4.78 is 5.32. The normalized spacial score (nSPS) is 14.5. The van der Waals surface area contributed by atoms with Crippen molar-refractivity contribution in [2.45, 2.75) is 5.92 Å². The average Bonchev–Trinajstić information content (AvgIpc) is 3.16. The van der Waals surface area contributed by atoms with Gasteiger partial charge in [-0.3, -0.25) is 0 Å². The molecular formula is C16H13ClN4O2S. The van der Waals surface area contributed by atoms with Crippen LogP contribution in [0.2, 0.25) is 5.02 Å². The second-order valence-corrected chi connectivity index (χ2v) is 6.86. The lowest BCUT2D eigenvalue weighted by Crippen LogP contribution is -2.50. The van der Waals surface area contributed by atoms with E-state index in [1.807, 2.05) is 17.5 Å². The Bertz CT molecular complexity index is 859. The third-order valence-corrected chi connectivity index (χ3v) is 4.88. The van der Waals surface area contributed by atoms with Gasteiger partial charge in [-0.25, -0.2) is 4.79 Å². The van der Waals surface area contributed by atoms with Crippen molar-refractivity contribution in [1.29, 1.82) is 0 Å². The quantitative estimate of drug-likeness (QED) is 0.763. The minimum atomic E-state index is -0.161. The Labute approximate surface area is 147 Å². The van der Waals surface area contributed by atoms with Gasteiger partial charge in [-0.05, 0) is 29.6 Å². The van der Waals surface area contributed by atoms with Gasteiger partial charge in [-0.2, -0.15) is 4.98 Å². The molecule has 0 spiro atoms. The van der Waals surface area contributed by atoms with Gasteiger partial charge >= 0.3 is 6.03 Å². The van der Waals surface area contributed by atoms with E-state index in [0.717, 1.165) is 4.88 Å². The molecule has 1 aromatic carbocycles. The first-order chi connectivity index (χ1) is 11.7. The first-order valence-corrected chi connectivity index (χ1v) is 8.64. The third kappa shape index (κ3) is 3.00. The van der Waals surface area contributed by atoms with Crippen LogP contribution in [0.1, 0.15) is 11.8 Å². The minimum absolute atomic E-state index is 0.0799. The molecular weight excluding hydrogens is 348 g/mol. The van der Waals surface area contributed by atoms with Crippen molar-refractivity contribution in [3.8, 4) is 10.7 Å². The van der Waals surface area contributed by atoms with Crippen LogP contribution in [0.15, 0.2) is 46.3 Å². The highest BCUT2D eigenvalue weighted by atomic mass is 35.5. The largest absolute Gasteiger partial charge is 0.339 e. The molecule has 3 aromatic rings. The van der Waals surface area contributed by atoms with Gasteiger partial charge in [-0.15, -0.1) is 11.3 Å². The molecule has 1 aliphatic rings. The number of hydrogen-bond donors (Lipinski definition) is 1. The molecule has 4 rings (SSSR count). The Morgan fingerprint density at radius 3 is 2.96 bits per heavy atom. The maximum atomic E-state index is 12.2. The summed E-state index contributed by atoms with van der Waals surface area (Å²) in [7, 11) is 0. The SMILES string of the molecule is O=C(Nc1cccc(Cl)c1)N1CC(c2nc(-c3cccs3)no2)C1. The van der Waals surface area contributed by atoms with Crippen LogP contribution in [0.5, 0.6) is 0 Å². The molecule has 24 heavy (non-hydrogen) atoms. The van der Waals surface area contributed by atoms with E-state index < -0.39 is 0 Å². The maximum absolute atomic E-state index is 12.2. The zero-order valence-corrected chi connectivity index (χ0v) is 14.0. The van der Waals surface area contributed by atoms with Gasteiger partial charge < -0.3 is 14.7 Å². The van der Waals surface area contributed by atoms with Gasteiger partial charge in [0.2, 0.25) is 11.7 Å². The molecule has 122 valence electrons. The van der Waals surface area contributed by atoms with Crippen LogP contribution in [0.4, 0.5) is 10.5 Å². The summed E-state index contributed by atoms with van der Waals surface area (Å²) in [6.45, 7) is 1.11. The van der Waals surface area contributed by atoms with Gasteiger partial charge in [0.05, 0.1) is 10.8 Å². The van der Waals surface area contributed by atoms with Crippen LogP contribution in [0.25, 0.3) is 10.7 Å². The summed E-state index contributed by atoms with van der Waals surface area (Å²) in [5.41, 5.74) is 0.675. The molecule has 8 heteroatoms. The molecule has 0 saturated carbocycles. The first kappa shape index (κ1) is 15.2. The number of benzene rings is 1. The summed E-state index contributed by atoms with van der Waals surface area (Å²) in [5.74, 6) is 1.25. The minimum Gasteiger partial charge on any atom is -0.339 e. The molecule has 1 saturated heterocycles. The molecule has 0 radical (unpaired) electrons. The number of carbonyl (C=O) groups excluding carboxylic acids is 1. The molecule has 0 aliphatic carbocycles. The molecule has 2 aromatic heterocycles. The standard InChI is InChI=1S/C16H13ClN4O2S/c17-11-3-1-4-12(7-11)18-16(22)21-8-10(9-21)15-19-14(20-23-15)13-5-2-6-24-13/h1-7,10H,8-9H2,(H,18,22). The van der Waals surface area contributed by atoms with E-state index in [2.05, 4.69) is 15.5 Å². The number of nitrogens with zero attached hydrogens (tertiary/aromatic N) is 3. The van der Waals surface area contributed by atoms with Crippen LogP contribution < -0.4 is 5.32 Å². The second-order valence-electron chi connectivity index (χ2n) is 5.48. The van der Waals surface area contributed by atoms with Crippen LogP contribution in [0.3, 0.4) is 0 Å². The molecule has 3 heterocycles. The third-order valence-electron chi connectivity index (χ3n) is 3.78. The number of thiophene rings is 1. The Hall–Kier alpha value is -2.38. The van der Waals surface area contributed by atoms with Gasteiger partial charge in [-0.1, -0.05) is 28.9 Å². The lowest BCUT2D eigenvalue weighted by molar-refractivity contribution is 0.147. The summed E-state index contributed by atoms with van der Waals surface area (Å²) in [4.78, 5) is 19.3. The molecule has 1 fully saturated rings. The first-order valence-electron chi connectivity index (χ1n) is 7.38. The molecule has 0 atom stereocenters. The topological polar surface area (TPSA) is 71.3 Å². The van der Waals surface area contributed by atoms with Crippen LogP contribution >= 0.6 is 22.9 Å². The van der Waals surface area contributed by atoms with Gasteiger partial charge in [0.25, 0.3) is 0 Å². The van der Waals surface area contributed by atoms with Crippen molar-refractivity contribution in [2.75, 3.05) is 18.4 Å². The van der Waals surface area contributed by atoms with Gasteiger partial charge in [0.15, 0.2) is 0 Å². The van der Waals surface area contributed by atoms with E-state index >= 15 is 0 Å². The van der Waals surface area contributed by atoms with Crippen LogP contribution in [-0.4, -0.2) is 34.2 Å². The number of amides is 2. The van der Waals surface area contributed by atoms with Crippen molar-refractivity contribution >= 4 is 34.7 Å². The van der Waals surface area contributed by atoms with Crippen molar-refractivity contribution in [2.24, 2.45) is 0 Å². The van der Waals surface area contributed by atoms with Crippen molar-refractivity contribution in [3.05, 3.63) is 52.7 Å². The number of rotatable bonds is 3. The van der Waals surface area contributed by atoms with Crippen LogP contribution in [0, 0.1) is 0 Å². The number of urea groups is 1. The Balaban J connectivity index is 1.35. The summed E-state index contributed by atoms with van der Waals surface area (Å²) in [6, 6.07) is 10.8. The zero-order chi connectivity index (χ0) is 16.5. The van der Waals surface area contributed by atoms with Gasteiger partial charge in [0, 0.05) is 23.8 Å². The summed E-state index contributed by atoms with van der Waals surface area (Å²) >= 11 is 7.48. The fourth-order valence-corrected chi connectivity index (χ4v) is 3.32. The highest BCUT2D eigenvalue weighted by Crippen LogP contribution is 2.29. The molecule has 6 nitrogen and oxygen atoms in total. The second kappa shape index (κ2) is 6.26. The highest BCUT2D eigenvalue weighted by Gasteiger charge is 2.35. The number of aromatic nitrogens is 2. The zero-order valence-electron chi connectivity index (χ0n) is 12.5. The number of halogens is 1. The molecule has 1 N–H and O–H groups in total. The number of nitrogens with one attached hydrogen (secondary N) is 1. The Morgan fingerprint density at radius 2 is 2.21 bits per heavy atom. The lowest BCUT2D eigenvalue weighted by atomic mass is 10.0. The number of carbonyl (C=O) groups is 1. The predicted molar refractivity (Wildman–Crippen MR) is 92.4 cm³/mol. The molecule has 0 bridgehead atoms. The molecule has 2 amide bonds. The van der Waals surface area contributed by atoms with Crippen LogP contribution in [-0.2, 0) is 0 Å². The predicted octanol–water partition coefficient (Wildman–Crippen LogP) is 4.08. The average molecular weight is 361 g/mol. The lowest BCUT2D eigenvalue weighted by Gasteiger charge is -2.36.